The van der Waals surface area contributed by atoms with Gasteiger partial charge in [-0.25, -0.2) is 0 Å². The van der Waals surface area contributed by atoms with Crippen molar-refractivity contribution in [2.24, 2.45) is 0 Å². The molecule has 0 radical (unpaired) electrons. The molecule has 1 aliphatic rings. The topological polar surface area (TPSA) is 66.6 Å². The van der Waals surface area contributed by atoms with Crippen LogP contribution in [0.2, 0.25) is 0 Å². The van der Waals surface area contributed by atoms with E-state index in [0.29, 0.717) is 31.6 Å². The number of carbonyl (C=O) groups is 1. The number of ketones is 1. The van der Waals surface area contributed by atoms with Gasteiger partial charge >= 0.3 is 0 Å². The van der Waals surface area contributed by atoms with Crippen molar-refractivity contribution in [1.29, 1.82) is 0 Å². The van der Waals surface area contributed by atoms with E-state index in [9.17, 15) is 9.90 Å². The van der Waals surface area contributed by atoms with Crippen LogP contribution in [0.25, 0.3) is 0 Å². The lowest BCUT2D eigenvalue weighted by molar-refractivity contribution is -0.136. The Bertz CT molecular complexity index is 468. The summed E-state index contributed by atoms with van der Waals surface area (Å²) < 4.78 is 0.971. The maximum Gasteiger partial charge on any atom is 0.161 e. The lowest BCUT2D eigenvalue weighted by atomic mass is 9.88. The van der Waals surface area contributed by atoms with Gasteiger partial charge in [-0.05, 0) is 25.1 Å². The highest BCUT2D eigenvalue weighted by Gasteiger charge is 2.36. The molecule has 1 fully saturated rings. The van der Waals surface area contributed by atoms with E-state index in [0.717, 1.165) is 10.2 Å². The van der Waals surface area contributed by atoms with Gasteiger partial charge in [-0.1, -0.05) is 15.9 Å². The van der Waals surface area contributed by atoms with Gasteiger partial charge < -0.3 is 15.7 Å². The summed E-state index contributed by atoms with van der Waals surface area (Å²) >= 11 is 3.42. The molecule has 4 nitrogen and oxygen atoms in total. The van der Waals surface area contributed by atoms with Gasteiger partial charge in [-0.2, -0.15) is 0 Å². The summed E-state index contributed by atoms with van der Waals surface area (Å²) in [5.74, 6) is -0.149. The van der Waals surface area contributed by atoms with Crippen molar-refractivity contribution >= 4 is 33.1 Å². The average Bonchev–Trinajstić information content (AvgIpc) is 2.33. The summed E-state index contributed by atoms with van der Waals surface area (Å²) in [5.41, 5.74) is 6.47. The molecule has 0 saturated carbocycles. The van der Waals surface area contributed by atoms with Gasteiger partial charge in [0.05, 0.1) is 11.4 Å². The van der Waals surface area contributed by atoms with Gasteiger partial charge in [0.25, 0.3) is 0 Å². The Morgan fingerprint density at radius 1 is 1.44 bits per heavy atom. The molecular formula is C13H17BrN2O2. The smallest absolute Gasteiger partial charge is 0.161 e. The van der Waals surface area contributed by atoms with Crippen molar-refractivity contribution in [2.75, 3.05) is 23.7 Å². The van der Waals surface area contributed by atoms with Crippen molar-refractivity contribution in [2.45, 2.75) is 25.4 Å². The summed E-state index contributed by atoms with van der Waals surface area (Å²) in [6.07, 6.45) is 0.905. The Labute approximate surface area is 115 Å². The van der Waals surface area contributed by atoms with Crippen molar-refractivity contribution in [3.63, 3.8) is 0 Å². The fraction of sp³-hybridized carbons (Fsp3) is 0.462. The lowest BCUT2D eigenvalue weighted by Gasteiger charge is -2.38. The normalized spacial score (nSPS) is 18.7. The van der Waals surface area contributed by atoms with Crippen LogP contribution in [0.1, 0.15) is 19.8 Å². The Hall–Kier alpha value is -1.07. The number of rotatable bonds is 2. The predicted molar refractivity (Wildman–Crippen MR) is 75.6 cm³/mol. The van der Waals surface area contributed by atoms with Gasteiger partial charge in [0.15, 0.2) is 5.78 Å². The highest BCUT2D eigenvalue weighted by atomic mass is 79.9. The number of nitrogens with two attached hydrogens (primary N) is 1. The molecule has 5 heteroatoms. The quantitative estimate of drug-likeness (QED) is 0.819. The third kappa shape index (κ3) is 2.52. The molecule has 0 aromatic heterocycles. The molecule has 1 aromatic rings. The number of Topliss-reactive ketones (excluding diaryl/α,β-unsaturated/α-hetero) is 1. The first-order valence-electron chi connectivity index (χ1n) is 5.96. The molecule has 18 heavy (non-hydrogen) atoms. The largest absolute Gasteiger partial charge is 0.397 e. The molecular weight excluding hydrogens is 296 g/mol. The minimum absolute atomic E-state index is 0.149. The van der Waals surface area contributed by atoms with E-state index in [4.69, 9.17) is 5.73 Å². The van der Waals surface area contributed by atoms with Crippen LogP contribution in [-0.2, 0) is 4.79 Å². The van der Waals surface area contributed by atoms with Crippen LogP contribution in [0, 0.1) is 0 Å². The van der Waals surface area contributed by atoms with Crippen LogP contribution in [0.3, 0.4) is 0 Å². The Morgan fingerprint density at radius 2 is 2.06 bits per heavy atom. The molecule has 0 spiro atoms. The number of anilines is 2. The zero-order valence-electron chi connectivity index (χ0n) is 10.3. The molecule has 1 heterocycles. The first-order chi connectivity index (χ1) is 8.42. The predicted octanol–water partition coefficient (Wildman–Crippen LogP) is 1.95. The Morgan fingerprint density at radius 3 is 2.61 bits per heavy atom. The van der Waals surface area contributed by atoms with Crippen molar-refractivity contribution in [3.05, 3.63) is 22.7 Å². The summed E-state index contributed by atoms with van der Waals surface area (Å²) in [6.45, 7) is 2.72. The van der Waals surface area contributed by atoms with E-state index in [1.165, 1.54) is 6.92 Å². The first-order valence-corrected chi connectivity index (χ1v) is 6.75. The number of nitrogens with zero attached hydrogens (tertiary/aromatic N) is 1. The molecule has 0 unspecified atom stereocenters. The van der Waals surface area contributed by atoms with E-state index in [1.54, 1.807) is 0 Å². The molecule has 1 aliphatic heterocycles. The number of benzene rings is 1. The number of hydrogen-bond acceptors (Lipinski definition) is 4. The summed E-state index contributed by atoms with van der Waals surface area (Å²) in [6, 6.07) is 5.72. The van der Waals surface area contributed by atoms with E-state index in [2.05, 4.69) is 20.8 Å². The number of nitrogen functional groups attached to an aromatic ring is 1. The SMILES string of the molecule is CC(=O)C1(O)CCN(c2cc(Br)ccc2N)CC1. The monoisotopic (exact) mass is 312 g/mol. The molecule has 98 valence electrons. The maximum atomic E-state index is 11.4. The zero-order chi connectivity index (χ0) is 13.3. The molecule has 1 saturated heterocycles. The number of aliphatic hydroxyl groups is 1. The highest BCUT2D eigenvalue weighted by Crippen LogP contribution is 2.32. The molecule has 1 aromatic carbocycles. The van der Waals surface area contributed by atoms with E-state index < -0.39 is 5.60 Å². The van der Waals surface area contributed by atoms with Crippen LogP contribution in [0.4, 0.5) is 11.4 Å². The van der Waals surface area contributed by atoms with Crippen LogP contribution < -0.4 is 10.6 Å². The molecule has 3 N–H and O–H groups in total. The molecule has 0 atom stereocenters. The van der Waals surface area contributed by atoms with E-state index >= 15 is 0 Å². The summed E-state index contributed by atoms with van der Waals surface area (Å²) in [7, 11) is 0. The van der Waals surface area contributed by atoms with Crippen LogP contribution in [0.5, 0.6) is 0 Å². The summed E-state index contributed by atoms with van der Waals surface area (Å²) in [5, 5.41) is 10.1. The minimum atomic E-state index is -1.16. The molecule has 0 aliphatic carbocycles. The number of carbonyl (C=O) groups excluding carboxylic acids is 1. The van der Waals surface area contributed by atoms with Gasteiger partial charge in [0.2, 0.25) is 0 Å². The molecule has 0 bridgehead atoms. The average molecular weight is 313 g/mol. The molecule has 2 rings (SSSR count). The molecule has 0 amide bonds. The standard InChI is InChI=1S/C13H17BrN2O2/c1-9(17)13(18)4-6-16(7-5-13)12-8-10(14)2-3-11(12)15/h2-3,8,18H,4-7,15H2,1H3. The second kappa shape index (κ2) is 4.90. The lowest BCUT2D eigenvalue weighted by Crippen LogP contribution is -2.48. The van der Waals surface area contributed by atoms with Crippen LogP contribution in [-0.4, -0.2) is 29.6 Å². The van der Waals surface area contributed by atoms with E-state index in [1.807, 2.05) is 18.2 Å². The van der Waals surface area contributed by atoms with Gasteiger partial charge in [-0.3, -0.25) is 4.79 Å². The van der Waals surface area contributed by atoms with Gasteiger partial charge in [0, 0.05) is 30.4 Å². The maximum absolute atomic E-state index is 11.4. The zero-order valence-corrected chi connectivity index (χ0v) is 11.9. The Kier molecular flexibility index (Phi) is 3.64. The van der Waals surface area contributed by atoms with Gasteiger partial charge in [-0.15, -0.1) is 0 Å². The third-order valence-corrected chi connectivity index (χ3v) is 4.07. The minimum Gasteiger partial charge on any atom is -0.397 e. The van der Waals surface area contributed by atoms with Crippen molar-refractivity contribution in [1.82, 2.24) is 0 Å². The summed E-state index contributed by atoms with van der Waals surface area (Å²) in [4.78, 5) is 13.5. The van der Waals surface area contributed by atoms with Crippen LogP contribution in [0.15, 0.2) is 22.7 Å². The van der Waals surface area contributed by atoms with Gasteiger partial charge in [0.1, 0.15) is 5.60 Å². The second-order valence-electron chi connectivity index (χ2n) is 4.78. The Balaban J connectivity index is 2.15. The fourth-order valence-electron chi connectivity index (χ4n) is 2.26. The van der Waals surface area contributed by atoms with Crippen molar-refractivity contribution < 1.29 is 9.90 Å². The number of piperidine rings is 1. The highest BCUT2D eigenvalue weighted by molar-refractivity contribution is 9.10. The third-order valence-electron chi connectivity index (χ3n) is 3.58. The van der Waals surface area contributed by atoms with E-state index in [-0.39, 0.29) is 5.78 Å². The number of halogens is 1. The second-order valence-corrected chi connectivity index (χ2v) is 5.69. The van der Waals surface area contributed by atoms with Crippen LogP contribution >= 0.6 is 15.9 Å². The number of hydrogen-bond donors (Lipinski definition) is 2. The first kappa shape index (κ1) is 13.4. The van der Waals surface area contributed by atoms with Crippen molar-refractivity contribution in [3.8, 4) is 0 Å². The fourth-order valence-corrected chi connectivity index (χ4v) is 2.61.